The van der Waals surface area contributed by atoms with E-state index in [1.807, 2.05) is 24.3 Å². The van der Waals surface area contributed by atoms with Crippen molar-refractivity contribution in [2.24, 2.45) is 11.3 Å². The number of carboxylic acid groups (broad SMARTS) is 1. The lowest BCUT2D eigenvalue weighted by Gasteiger charge is -2.36. The predicted octanol–water partition coefficient (Wildman–Crippen LogP) is 3.23. The second-order valence-corrected chi connectivity index (χ2v) is 13.2. The zero-order valence-corrected chi connectivity index (χ0v) is 24.9. The molecule has 2 aliphatic carbocycles. The van der Waals surface area contributed by atoms with E-state index in [4.69, 9.17) is 4.74 Å². The summed E-state index contributed by atoms with van der Waals surface area (Å²) in [5.74, 6) is -2.73. The molecule has 3 fully saturated rings. The summed E-state index contributed by atoms with van der Waals surface area (Å²) in [7, 11) is 0. The number of fused-ring (bicyclic) bond motifs is 1. The quantitative estimate of drug-likeness (QED) is 0.336. The summed E-state index contributed by atoms with van der Waals surface area (Å²) in [5, 5.41) is 18.2. The molecule has 4 N–H and O–H groups in total. The zero-order chi connectivity index (χ0) is 31.1. The number of nitrogens with one attached hydrogen (secondary N) is 3. The second-order valence-electron chi connectivity index (χ2n) is 13.2. The van der Waals surface area contributed by atoms with Gasteiger partial charge in [0, 0.05) is 24.7 Å². The number of ether oxygens (including phenoxy) is 1. The summed E-state index contributed by atoms with van der Waals surface area (Å²) in [4.78, 5) is 69.2. The van der Waals surface area contributed by atoms with Crippen LogP contribution in [0.5, 0.6) is 0 Å². The van der Waals surface area contributed by atoms with Crippen LogP contribution >= 0.6 is 0 Å². The van der Waals surface area contributed by atoms with Crippen LogP contribution in [0.2, 0.25) is 0 Å². The van der Waals surface area contributed by atoms with Gasteiger partial charge in [-0.1, -0.05) is 45.0 Å². The largest absolute Gasteiger partial charge is 0.479 e. The van der Waals surface area contributed by atoms with Gasteiger partial charge in [-0.3, -0.25) is 9.59 Å². The lowest BCUT2D eigenvalue weighted by molar-refractivity contribution is -0.146. The predicted molar refractivity (Wildman–Crippen MR) is 157 cm³/mol. The number of amides is 5. The van der Waals surface area contributed by atoms with E-state index in [2.05, 4.69) is 22.5 Å². The SMILES string of the molecule is C=CC1C[C@]1(NC(=O)[C@@H]1CC(N2Cc3ccccc3NC2=O)CN1C(=O)[C@@H](NC(=O)OC1CCCC1)C(C)(C)C)C(=O)O. The van der Waals surface area contributed by atoms with E-state index in [0.29, 0.717) is 5.69 Å². The minimum Gasteiger partial charge on any atom is -0.479 e. The number of likely N-dealkylation sites (tertiary alicyclic amines) is 1. The normalized spacial score (nSPS) is 27.5. The molecule has 43 heavy (non-hydrogen) atoms. The van der Waals surface area contributed by atoms with Gasteiger partial charge in [0.05, 0.1) is 6.04 Å². The van der Waals surface area contributed by atoms with Crippen LogP contribution in [0.15, 0.2) is 36.9 Å². The molecule has 1 saturated heterocycles. The summed E-state index contributed by atoms with van der Waals surface area (Å²) >= 11 is 0. The van der Waals surface area contributed by atoms with Crippen molar-refractivity contribution in [1.29, 1.82) is 0 Å². The van der Waals surface area contributed by atoms with Crippen LogP contribution in [-0.2, 0) is 25.7 Å². The lowest BCUT2D eigenvalue weighted by atomic mass is 9.85. The number of carboxylic acids is 1. The summed E-state index contributed by atoms with van der Waals surface area (Å²) in [5.41, 5.74) is -0.637. The Morgan fingerprint density at radius 3 is 2.51 bits per heavy atom. The van der Waals surface area contributed by atoms with E-state index in [0.717, 1.165) is 31.2 Å². The van der Waals surface area contributed by atoms with Crippen LogP contribution in [0.1, 0.15) is 64.9 Å². The molecule has 2 saturated carbocycles. The number of hydrogen-bond acceptors (Lipinski definition) is 6. The van der Waals surface area contributed by atoms with Crippen molar-refractivity contribution in [2.45, 2.75) is 95.6 Å². The van der Waals surface area contributed by atoms with Gasteiger partial charge in [0.2, 0.25) is 11.8 Å². The number of benzene rings is 1. The Labute approximate surface area is 251 Å². The molecule has 0 aromatic heterocycles. The van der Waals surface area contributed by atoms with Gasteiger partial charge in [-0.25, -0.2) is 14.4 Å². The summed E-state index contributed by atoms with van der Waals surface area (Å²) in [6, 6.07) is 4.42. The Balaban J connectivity index is 1.40. The van der Waals surface area contributed by atoms with Gasteiger partial charge >= 0.3 is 18.1 Å². The Morgan fingerprint density at radius 1 is 1.19 bits per heavy atom. The smallest absolute Gasteiger partial charge is 0.408 e. The first kappa shape index (κ1) is 30.4. The minimum atomic E-state index is -1.49. The second kappa shape index (κ2) is 11.5. The summed E-state index contributed by atoms with van der Waals surface area (Å²) in [6.07, 6.45) is 4.41. The van der Waals surface area contributed by atoms with E-state index in [9.17, 15) is 29.1 Å². The van der Waals surface area contributed by atoms with E-state index < -0.39 is 58.9 Å². The number of para-hydroxylation sites is 1. The third kappa shape index (κ3) is 6.05. The molecule has 5 atom stereocenters. The van der Waals surface area contributed by atoms with Crippen LogP contribution < -0.4 is 16.0 Å². The topological polar surface area (TPSA) is 157 Å². The molecule has 1 aromatic carbocycles. The Morgan fingerprint density at radius 2 is 1.88 bits per heavy atom. The number of carbonyl (C=O) groups excluding carboxylic acids is 4. The maximum Gasteiger partial charge on any atom is 0.408 e. The zero-order valence-electron chi connectivity index (χ0n) is 24.9. The fourth-order valence-electron chi connectivity index (χ4n) is 6.49. The Hall–Kier alpha value is -4.09. The van der Waals surface area contributed by atoms with E-state index in [1.165, 1.54) is 11.0 Å². The molecule has 0 bridgehead atoms. The van der Waals surface area contributed by atoms with Crippen molar-refractivity contribution in [2.75, 3.05) is 11.9 Å². The standard InChI is InChI=1S/C31H41N5O7/c1-5-19-15-31(19,27(39)40)34-25(37)23-14-20(35-16-18-10-6-9-13-22(18)32-28(35)41)17-36(23)26(38)24(30(2,3)4)33-29(42)43-21-11-7-8-12-21/h5-6,9-10,13,19-21,23-24H,1,7-8,11-12,14-17H2,2-4H3,(H,32,41)(H,33,42)(H,34,37)(H,39,40)/t19?,20?,23-,24+,31+/m0/s1. The lowest BCUT2D eigenvalue weighted by Crippen LogP contribution is -2.59. The number of nitrogens with zero attached hydrogens (tertiary/aromatic N) is 2. The van der Waals surface area contributed by atoms with E-state index >= 15 is 0 Å². The number of anilines is 1. The average Bonchev–Trinajstić information content (AvgIpc) is 3.25. The highest BCUT2D eigenvalue weighted by Gasteiger charge is 2.61. The molecule has 12 heteroatoms. The first-order valence-electron chi connectivity index (χ1n) is 14.9. The van der Waals surface area contributed by atoms with Crippen molar-refractivity contribution >= 4 is 35.6 Å². The Kier molecular flexibility index (Phi) is 8.15. The molecule has 2 heterocycles. The highest BCUT2D eigenvalue weighted by molar-refractivity contribution is 5.97. The van der Waals surface area contributed by atoms with Crippen LogP contribution in [0, 0.1) is 11.3 Å². The molecule has 232 valence electrons. The fraction of sp³-hybridized carbons (Fsp3) is 0.581. The van der Waals surface area contributed by atoms with Crippen molar-refractivity contribution in [3.63, 3.8) is 0 Å². The molecule has 0 radical (unpaired) electrons. The number of hydrogen-bond donors (Lipinski definition) is 4. The van der Waals surface area contributed by atoms with Gasteiger partial charge in [-0.05, 0) is 55.6 Å². The van der Waals surface area contributed by atoms with Gasteiger partial charge in [-0.2, -0.15) is 0 Å². The van der Waals surface area contributed by atoms with Gasteiger partial charge < -0.3 is 35.6 Å². The third-order valence-corrected chi connectivity index (χ3v) is 9.14. The van der Waals surface area contributed by atoms with Crippen molar-refractivity contribution in [3.8, 4) is 0 Å². The number of carbonyl (C=O) groups is 5. The first-order valence-corrected chi connectivity index (χ1v) is 14.9. The maximum absolute atomic E-state index is 14.2. The van der Waals surface area contributed by atoms with Crippen molar-refractivity contribution in [3.05, 3.63) is 42.5 Å². The number of aliphatic carboxylic acids is 1. The number of alkyl carbamates (subject to hydrolysis) is 1. The molecule has 5 amide bonds. The average molecular weight is 596 g/mol. The fourth-order valence-corrected chi connectivity index (χ4v) is 6.49. The highest BCUT2D eigenvalue weighted by Crippen LogP contribution is 2.45. The maximum atomic E-state index is 14.2. The van der Waals surface area contributed by atoms with Gasteiger partial charge in [0.15, 0.2) is 0 Å². The van der Waals surface area contributed by atoms with Gasteiger partial charge in [0.25, 0.3) is 0 Å². The number of rotatable bonds is 8. The van der Waals surface area contributed by atoms with E-state index in [-0.39, 0.29) is 38.1 Å². The molecule has 2 unspecified atom stereocenters. The van der Waals surface area contributed by atoms with Crippen LogP contribution in [0.25, 0.3) is 0 Å². The third-order valence-electron chi connectivity index (χ3n) is 9.14. The monoisotopic (exact) mass is 595 g/mol. The van der Waals surface area contributed by atoms with Crippen molar-refractivity contribution in [1.82, 2.24) is 20.4 Å². The number of urea groups is 1. The first-order chi connectivity index (χ1) is 20.3. The molecule has 12 nitrogen and oxygen atoms in total. The van der Waals surface area contributed by atoms with Crippen LogP contribution in [0.4, 0.5) is 15.3 Å². The summed E-state index contributed by atoms with van der Waals surface area (Å²) in [6.45, 7) is 9.42. The van der Waals surface area contributed by atoms with Crippen LogP contribution in [-0.4, -0.2) is 81.1 Å². The molecule has 4 aliphatic rings. The van der Waals surface area contributed by atoms with Gasteiger partial charge in [-0.15, -0.1) is 6.58 Å². The highest BCUT2D eigenvalue weighted by atomic mass is 16.6. The molecule has 0 spiro atoms. The van der Waals surface area contributed by atoms with Crippen LogP contribution in [0.3, 0.4) is 0 Å². The van der Waals surface area contributed by atoms with E-state index in [1.54, 1.807) is 25.7 Å². The summed E-state index contributed by atoms with van der Waals surface area (Å²) < 4.78 is 5.58. The molecular formula is C31H41N5O7. The van der Waals surface area contributed by atoms with Gasteiger partial charge in [0.1, 0.15) is 23.7 Å². The minimum absolute atomic E-state index is 0.0311. The Bertz CT molecular complexity index is 1320. The molecule has 5 rings (SSSR count). The van der Waals surface area contributed by atoms with Crippen molar-refractivity contribution < 1.29 is 33.8 Å². The molecule has 1 aromatic rings. The molecule has 2 aliphatic heterocycles. The molecular weight excluding hydrogens is 554 g/mol.